The number of nitrogens with zero attached hydrogens (tertiary/aromatic N) is 3. The predicted octanol–water partition coefficient (Wildman–Crippen LogP) is 7.37. The van der Waals surface area contributed by atoms with Crippen LogP contribution in [-0.4, -0.2) is 59.3 Å². The Morgan fingerprint density at radius 3 is 2.14 bits per heavy atom. The molecule has 1 aliphatic heterocycles. The molecule has 6 rings (SSSR count). The predicted molar refractivity (Wildman–Crippen MR) is 200 cm³/mol. The van der Waals surface area contributed by atoms with Crippen molar-refractivity contribution in [1.29, 1.82) is 0 Å². The molecule has 1 heterocycles. The summed E-state index contributed by atoms with van der Waals surface area (Å²) in [7, 11) is 0. The van der Waals surface area contributed by atoms with Gasteiger partial charge in [-0.1, -0.05) is 114 Å². The largest absolute Gasteiger partial charge is 0.370 e. The second-order valence-corrected chi connectivity index (χ2v) is 13.4. The molecule has 0 bridgehead atoms. The van der Waals surface area contributed by atoms with Crippen LogP contribution in [0.15, 0.2) is 120 Å². The summed E-state index contributed by atoms with van der Waals surface area (Å²) in [6.45, 7) is 1.19. The van der Waals surface area contributed by atoms with Crippen molar-refractivity contribution in [3.63, 3.8) is 0 Å². The zero-order valence-corrected chi connectivity index (χ0v) is 28.7. The van der Waals surface area contributed by atoms with Crippen LogP contribution in [0.4, 0.5) is 0 Å². The Hall–Kier alpha value is -4.85. The highest BCUT2D eigenvalue weighted by Crippen LogP contribution is 2.32. The molecular formula is C40H39Cl2N5O2. The molecule has 250 valence electrons. The number of halogens is 2. The molecular weight excluding hydrogens is 653 g/mol. The van der Waals surface area contributed by atoms with Crippen molar-refractivity contribution in [3.05, 3.63) is 142 Å². The van der Waals surface area contributed by atoms with Gasteiger partial charge in [0.2, 0.25) is 5.91 Å². The quantitative estimate of drug-likeness (QED) is 0.0906. The maximum Gasteiger partial charge on any atom is 0.254 e. The minimum atomic E-state index is -0.259. The van der Waals surface area contributed by atoms with E-state index in [0.717, 1.165) is 33.0 Å². The van der Waals surface area contributed by atoms with Crippen LogP contribution in [0, 0.1) is 0 Å². The fourth-order valence-electron chi connectivity index (χ4n) is 6.76. The number of hydrogen-bond donors (Lipinski definition) is 2. The second kappa shape index (κ2) is 15.6. The number of rotatable bonds is 10. The highest BCUT2D eigenvalue weighted by Gasteiger charge is 2.39. The van der Waals surface area contributed by atoms with E-state index >= 15 is 0 Å². The first-order chi connectivity index (χ1) is 23.7. The lowest BCUT2D eigenvalue weighted by Gasteiger charge is -2.47. The van der Waals surface area contributed by atoms with Gasteiger partial charge in [-0.25, -0.2) is 0 Å². The van der Waals surface area contributed by atoms with E-state index in [9.17, 15) is 9.59 Å². The molecule has 1 fully saturated rings. The third kappa shape index (κ3) is 8.42. The zero-order chi connectivity index (χ0) is 34.3. The lowest BCUT2D eigenvalue weighted by molar-refractivity contribution is -0.136. The Morgan fingerprint density at radius 2 is 1.39 bits per heavy atom. The summed E-state index contributed by atoms with van der Waals surface area (Å²) in [4.78, 5) is 37.1. The van der Waals surface area contributed by atoms with Gasteiger partial charge in [-0.05, 0) is 76.6 Å². The summed E-state index contributed by atoms with van der Waals surface area (Å²) in [5, 5.41) is 3.21. The molecule has 2 amide bonds. The van der Waals surface area contributed by atoms with Gasteiger partial charge in [0.25, 0.3) is 5.91 Å². The van der Waals surface area contributed by atoms with Gasteiger partial charge >= 0.3 is 0 Å². The van der Waals surface area contributed by atoms with Crippen molar-refractivity contribution in [2.75, 3.05) is 19.6 Å². The van der Waals surface area contributed by atoms with Gasteiger partial charge in [0.15, 0.2) is 5.96 Å². The summed E-state index contributed by atoms with van der Waals surface area (Å²) in [6.07, 6.45) is 2.14. The fraction of sp³-hybridized carbons (Fsp3) is 0.225. The maximum atomic E-state index is 14.7. The van der Waals surface area contributed by atoms with Crippen LogP contribution in [0.3, 0.4) is 0 Å². The van der Waals surface area contributed by atoms with E-state index in [0.29, 0.717) is 54.5 Å². The molecule has 5 aromatic rings. The number of piperazine rings is 1. The van der Waals surface area contributed by atoms with Crippen LogP contribution in [0.2, 0.25) is 10.0 Å². The third-order valence-corrected chi connectivity index (χ3v) is 9.52. The zero-order valence-electron chi connectivity index (χ0n) is 27.1. The van der Waals surface area contributed by atoms with Gasteiger partial charge < -0.3 is 21.3 Å². The van der Waals surface area contributed by atoms with E-state index in [1.165, 1.54) is 0 Å². The molecule has 9 heteroatoms. The normalized spacial score (nSPS) is 16.0. The Morgan fingerprint density at radius 1 is 0.714 bits per heavy atom. The number of nitrogens with two attached hydrogens (primary N) is 2. The Kier molecular flexibility index (Phi) is 10.8. The van der Waals surface area contributed by atoms with Gasteiger partial charge in [0.05, 0.1) is 12.5 Å². The molecule has 1 aliphatic rings. The van der Waals surface area contributed by atoms with Crippen LogP contribution < -0.4 is 11.5 Å². The minimum absolute atomic E-state index is 0.0285. The molecule has 0 saturated carbocycles. The van der Waals surface area contributed by atoms with Crippen LogP contribution >= 0.6 is 23.2 Å². The van der Waals surface area contributed by atoms with Crippen molar-refractivity contribution in [2.45, 2.75) is 37.8 Å². The van der Waals surface area contributed by atoms with E-state index in [-0.39, 0.29) is 36.3 Å². The van der Waals surface area contributed by atoms with Gasteiger partial charge in [-0.2, -0.15) is 0 Å². The monoisotopic (exact) mass is 691 g/mol. The van der Waals surface area contributed by atoms with E-state index in [1.807, 2.05) is 82.6 Å². The van der Waals surface area contributed by atoms with Crippen molar-refractivity contribution in [3.8, 4) is 11.1 Å². The summed E-state index contributed by atoms with van der Waals surface area (Å²) in [5.74, 6) is -0.0504. The summed E-state index contributed by atoms with van der Waals surface area (Å²) in [6, 6.07) is 36.8. The SMILES string of the molecule is NC(N)=NCCC[C@H]1CN(C(=O)Cc2ccc3ccccc3c2)[C@H](Cc2ccccc2)CN1C(=O)c1ccccc1-c1cc(Cl)cc(Cl)c1. The number of fused-ring (bicyclic) bond motifs is 1. The first-order valence-electron chi connectivity index (χ1n) is 16.5. The van der Waals surface area contributed by atoms with Gasteiger partial charge in [0.1, 0.15) is 0 Å². The summed E-state index contributed by atoms with van der Waals surface area (Å²) < 4.78 is 0. The standard InChI is InChI=1S/C40H39Cl2N5O2/c41-32-22-31(23-33(42)24-32)36-14-6-7-15-37(36)39(49)47-26-35(20-27-9-2-1-3-10-27)46(25-34(47)13-8-18-45-40(43)44)38(48)21-28-16-17-29-11-4-5-12-30(29)19-28/h1-7,9-12,14-17,19,22-24,34-35H,8,13,18,20-21,25-26H2,(H4,43,44,45)/t34-,35+/m0/s1. The van der Waals surface area contributed by atoms with E-state index in [4.69, 9.17) is 34.7 Å². The fourth-order valence-corrected chi connectivity index (χ4v) is 7.28. The first kappa shape index (κ1) is 34.0. The molecule has 1 saturated heterocycles. The van der Waals surface area contributed by atoms with Crippen molar-refractivity contribution < 1.29 is 9.59 Å². The number of hydrogen-bond acceptors (Lipinski definition) is 3. The molecule has 49 heavy (non-hydrogen) atoms. The smallest absolute Gasteiger partial charge is 0.254 e. The molecule has 0 aromatic heterocycles. The van der Waals surface area contributed by atoms with Crippen molar-refractivity contribution >= 4 is 51.7 Å². The Balaban J connectivity index is 1.34. The van der Waals surface area contributed by atoms with Gasteiger partial charge in [0, 0.05) is 41.3 Å². The van der Waals surface area contributed by atoms with E-state index in [1.54, 1.807) is 6.07 Å². The number of aliphatic imine (C=N–C) groups is 1. The molecule has 2 atom stereocenters. The number of guanidine groups is 1. The molecule has 0 unspecified atom stereocenters. The average molecular weight is 693 g/mol. The molecule has 4 N–H and O–H groups in total. The molecule has 0 spiro atoms. The Bertz CT molecular complexity index is 1960. The molecule has 5 aromatic carbocycles. The van der Waals surface area contributed by atoms with Gasteiger partial charge in [-0.15, -0.1) is 0 Å². The highest BCUT2D eigenvalue weighted by atomic mass is 35.5. The summed E-state index contributed by atoms with van der Waals surface area (Å²) >= 11 is 12.8. The molecule has 0 aliphatic carbocycles. The van der Waals surface area contributed by atoms with Crippen LogP contribution in [0.1, 0.15) is 34.3 Å². The van der Waals surface area contributed by atoms with Gasteiger partial charge in [-0.3, -0.25) is 14.6 Å². The van der Waals surface area contributed by atoms with Crippen LogP contribution in [-0.2, 0) is 17.6 Å². The Labute approximate surface area is 297 Å². The molecule has 0 radical (unpaired) electrons. The van der Waals surface area contributed by atoms with Crippen LogP contribution in [0.25, 0.3) is 21.9 Å². The lowest BCUT2D eigenvalue weighted by Crippen LogP contribution is -2.62. The van der Waals surface area contributed by atoms with Crippen LogP contribution in [0.5, 0.6) is 0 Å². The number of carbonyl (C=O) groups is 2. The lowest BCUT2D eigenvalue weighted by atomic mass is 9.93. The number of carbonyl (C=O) groups excluding carboxylic acids is 2. The van der Waals surface area contributed by atoms with E-state index < -0.39 is 0 Å². The first-order valence-corrected chi connectivity index (χ1v) is 17.2. The third-order valence-electron chi connectivity index (χ3n) is 9.08. The minimum Gasteiger partial charge on any atom is -0.370 e. The average Bonchev–Trinajstić information content (AvgIpc) is 3.10. The number of amides is 2. The topological polar surface area (TPSA) is 105 Å². The number of benzene rings is 5. The molecule has 7 nitrogen and oxygen atoms in total. The van der Waals surface area contributed by atoms with E-state index in [2.05, 4.69) is 41.4 Å². The maximum absolute atomic E-state index is 14.7. The second-order valence-electron chi connectivity index (χ2n) is 12.5. The highest BCUT2D eigenvalue weighted by molar-refractivity contribution is 6.35. The summed E-state index contributed by atoms with van der Waals surface area (Å²) in [5.41, 5.74) is 15.3. The van der Waals surface area contributed by atoms with Crippen molar-refractivity contribution in [2.24, 2.45) is 16.5 Å². The van der Waals surface area contributed by atoms with Crippen molar-refractivity contribution in [1.82, 2.24) is 9.80 Å².